The van der Waals surface area contributed by atoms with Gasteiger partial charge in [0.15, 0.2) is 23.0 Å². The molecule has 0 unspecified atom stereocenters. The molecule has 184 valence electrons. The molecule has 0 saturated carbocycles. The van der Waals surface area contributed by atoms with Crippen LogP contribution < -0.4 is 24.4 Å². The maximum Gasteiger partial charge on any atom is 0.271 e. The van der Waals surface area contributed by atoms with Crippen LogP contribution in [0.25, 0.3) is 0 Å². The highest BCUT2D eigenvalue weighted by atomic mass is 127. The van der Waals surface area contributed by atoms with Gasteiger partial charge in [0, 0.05) is 16.1 Å². The lowest BCUT2D eigenvalue weighted by atomic mass is 10.2. The molecule has 0 aliphatic rings. The minimum absolute atomic E-state index is 0.310. The van der Waals surface area contributed by atoms with Gasteiger partial charge in [0.2, 0.25) is 0 Å². The second-order valence-electron chi connectivity index (χ2n) is 7.14. The van der Waals surface area contributed by atoms with Crippen molar-refractivity contribution in [2.24, 2.45) is 5.10 Å². The number of nitrogens with one attached hydrogen (secondary N) is 1. The van der Waals surface area contributed by atoms with Crippen LogP contribution in [0, 0.1) is 3.57 Å². The average Bonchev–Trinajstić information content (AvgIpc) is 2.85. The average molecular weight is 609 g/mol. The van der Waals surface area contributed by atoms with E-state index in [-0.39, 0.29) is 5.91 Å². The summed E-state index contributed by atoms with van der Waals surface area (Å²) in [6.45, 7) is 5.00. The molecule has 35 heavy (non-hydrogen) atoms. The van der Waals surface area contributed by atoms with E-state index in [0.717, 1.165) is 14.7 Å². The zero-order chi connectivity index (χ0) is 25.2. The second kappa shape index (κ2) is 13.2. The van der Waals surface area contributed by atoms with Crippen molar-refractivity contribution in [3.8, 4) is 23.0 Å². The first-order valence-electron chi connectivity index (χ1n) is 10.9. The zero-order valence-corrected chi connectivity index (χ0v) is 22.6. The van der Waals surface area contributed by atoms with Gasteiger partial charge in [-0.15, -0.1) is 0 Å². The number of ether oxygens (including phenoxy) is 4. The van der Waals surface area contributed by atoms with Gasteiger partial charge in [0.05, 0.1) is 30.1 Å². The lowest BCUT2D eigenvalue weighted by molar-refractivity contribution is 0.0954. The molecule has 0 aliphatic heterocycles. The molecule has 0 aromatic heterocycles. The fourth-order valence-corrected chi connectivity index (χ4v) is 4.12. The summed E-state index contributed by atoms with van der Waals surface area (Å²) in [4.78, 5) is 12.6. The van der Waals surface area contributed by atoms with Gasteiger partial charge in [-0.3, -0.25) is 4.79 Å². The van der Waals surface area contributed by atoms with E-state index in [0.29, 0.717) is 53.4 Å². The summed E-state index contributed by atoms with van der Waals surface area (Å²) < 4.78 is 23.5. The van der Waals surface area contributed by atoms with Crippen molar-refractivity contribution in [2.75, 3.05) is 20.3 Å². The molecule has 1 amide bonds. The maximum atomic E-state index is 12.6. The minimum Gasteiger partial charge on any atom is -0.493 e. The number of carbonyl (C=O) groups is 1. The first-order chi connectivity index (χ1) is 17.0. The summed E-state index contributed by atoms with van der Waals surface area (Å²) in [7, 11) is 1.55. The number of carbonyl (C=O) groups excluding carboxylic acids is 1. The molecule has 0 heterocycles. The van der Waals surface area contributed by atoms with Crippen LogP contribution in [0.1, 0.15) is 35.3 Å². The third-order valence-corrected chi connectivity index (χ3v) is 5.94. The predicted octanol–water partition coefficient (Wildman–Crippen LogP) is 6.09. The maximum absolute atomic E-state index is 12.6. The Morgan fingerprint density at radius 3 is 2.46 bits per heavy atom. The Morgan fingerprint density at radius 2 is 1.74 bits per heavy atom. The fraction of sp³-hybridized carbons (Fsp3) is 0.231. The summed E-state index contributed by atoms with van der Waals surface area (Å²) in [6.07, 6.45) is 1.55. The number of benzene rings is 3. The van der Waals surface area contributed by atoms with Crippen LogP contribution in [0.4, 0.5) is 0 Å². The lowest BCUT2D eigenvalue weighted by Gasteiger charge is -2.15. The number of hydrazone groups is 1. The predicted molar refractivity (Wildman–Crippen MR) is 145 cm³/mol. The highest BCUT2D eigenvalue weighted by Crippen LogP contribution is 2.35. The molecule has 7 nitrogen and oxygen atoms in total. The molecule has 1 N–H and O–H groups in total. The Labute approximate surface area is 223 Å². The molecule has 3 aromatic rings. The Hall–Kier alpha value is -2.98. The summed E-state index contributed by atoms with van der Waals surface area (Å²) in [5, 5.41) is 4.74. The highest BCUT2D eigenvalue weighted by Gasteiger charge is 2.14. The van der Waals surface area contributed by atoms with Crippen LogP contribution in [0.3, 0.4) is 0 Å². The highest BCUT2D eigenvalue weighted by molar-refractivity contribution is 14.1. The lowest BCUT2D eigenvalue weighted by Crippen LogP contribution is -2.17. The molecular weight excluding hydrogens is 583 g/mol. The van der Waals surface area contributed by atoms with Crippen molar-refractivity contribution in [1.29, 1.82) is 0 Å². The normalized spacial score (nSPS) is 10.8. The third kappa shape index (κ3) is 7.25. The van der Waals surface area contributed by atoms with E-state index in [9.17, 15) is 4.79 Å². The summed E-state index contributed by atoms with van der Waals surface area (Å²) in [5.41, 5.74) is 4.56. The minimum atomic E-state index is -0.371. The SMILES string of the molecule is CCOc1cc(C(=O)N/N=C/c2cc(I)c(OCc3ccccc3Cl)c(OCC)c2)ccc1OC. The molecular formula is C26H26ClIN2O5. The number of rotatable bonds is 11. The van der Waals surface area contributed by atoms with Crippen LogP contribution in [-0.2, 0) is 6.61 Å². The van der Waals surface area contributed by atoms with Crippen LogP contribution in [0.15, 0.2) is 59.7 Å². The molecule has 0 spiro atoms. The summed E-state index contributed by atoms with van der Waals surface area (Å²) >= 11 is 8.43. The van der Waals surface area contributed by atoms with Gasteiger partial charge < -0.3 is 18.9 Å². The smallest absolute Gasteiger partial charge is 0.271 e. The standard InChI is InChI=1S/C26H26ClIN2O5/c1-4-33-23-14-18(10-11-22(23)32-3)26(31)30-29-15-17-12-21(28)25(24(13-17)34-5-2)35-16-19-8-6-7-9-20(19)27/h6-15H,4-5,16H2,1-3H3,(H,30,31)/b29-15+. The van der Waals surface area contributed by atoms with E-state index in [4.69, 9.17) is 30.5 Å². The Balaban J connectivity index is 1.73. The van der Waals surface area contributed by atoms with E-state index in [1.165, 1.54) is 0 Å². The molecule has 0 fully saturated rings. The topological polar surface area (TPSA) is 78.4 Å². The first-order valence-corrected chi connectivity index (χ1v) is 12.4. The third-order valence-electron chi connectivity index (χ3n) is 4.77. The van der Waals surface area contributed by atoms with Gasteiger partial charge in [0.25, 0.3) is 5.91 Å². The molecule has 9 heteroatoms. The molecule has 0 atom stereocenters. The van der Waals surface area contributed by atoms with Gasteiger partial charge in [-0.05, 0) is 78.4 Å². The number of nitrogens with zero attached hydrogens (tertiary/aromatic N) is 1. The molecule has 0 saturated heterocycles. The summed E-state index contributed by atoms with van der Waals surface area (Å²) in [6, 6.07) is 16.2. The number of amides is 1. The van der Waals surface area contributed by atoms with Crippen LogP contribution in [0.5, 0.6) is 23.0 Å². The molecule has 0 radical (unpaired) electrons. The summed E-state index contributed by atoms with van der Waals surface area (Å²) in [5.74, 6) is 1.88. The largest absolute Gasteiger partial charge is 0.493 e. The van der Waals surface area contributed by atoms with Crippen molar-refractivity contribution in [2.45, 2.75) is 20.5 Å². The fourth-order valence-electron chi connectivity index (χ4n) is 3.15. The van der Waals surface area contributed by atoms with E-state index >= 15 is 0 Å². The van der Waals surface area contributed by atoms with Gasteiger partial charge in [-0.25, -0.2) is 5.43 Å². The first kappa shape index (κ1) is 26.6. The van der Waals surface area contributed by atoms with Crippen LogP contribution in [-0.4, -0.2) is 32.4 Å². The van der Waals surface area contributed by atoms with Crippen molar-refractivity contribution in [3.63, 3.8) is 0 Å². The quantitative estimate of drug-likeness (QED) is 0.162. The van der Waals surface area contributed by atoms with Crippen molar-refractivity contribution in [1.82, 2.24) is 5.43 Å². The second-order valence-corrected chi connectivity index (χ2v) is 8.71. The zero-order valence-electron chi connectivity index (χ0n) is 19.6. The molecule has 0 bridgehead atoms. The molecule has 3 aromatic carbocycles. The van der Waals surface area contributed by atoms with E-state index in [1.54, 1.807) is 31.5 Å². The van der Waals surface area contributed by atoms with E-state index < -0.39 is 0 Å². The molecule has 3 rings (SSSR count). The molecule has 0 aliphatic carbocycles. The van der Waals surface area contributed by atoms with Crippen LogP contribution >= 0.6 is 34.2 Å². The van der Waals surface area contributed by atoms with Gasteiger partial charge >= 0.3 is 0 Å². The number of hydrogen-bond donors (Lipinski definition) is 1. The van der Waals surface area contributed by atoms with E-state index in [2.05, 4.69) is 33.1 Å². The Kier molecular flexibility index (Phi) is 10.0. The van der Waals surface area contributed by atoms with Crippen molar-refractivity contribution >= 4 is 46.3 Å². The van der Waals surface area contributed by atoms with Gasteiger partial charge in [-0.1, -0.05) is 29.8 Å². The Morgan fingerprint density at radius 1 is 1.00 bits per heavy atom. The van der Waals surface area contributed by atoms with Gasteiger partial charge in [-0.2, -0.15) is 5.10 Å². The number of hydrogen-bond acceptors (Lipinski definition) is 6. The van der Waals surface area contributed by atoms with Crippen LogP contribution in [0.2, 0.25) is 5.02 Å². The van der Waals surface area contributed by atoms with Crippen molar-refractivity contribution in [3.05, 3.63) is 79.9 Å². The van der Waals surface area contributed by atoms with E-state index in [1.807, 2.05) is 50.2 Å². The number of methoxy groups -OCH3 is 1. The van der Waals surface area contributed by atoms with Crippen molar-refractivity contribution < 1.29 is 23.7 Å². The van der Waals surface area contributed by atoms with Gasteiger partial charge in [0.1, 0.15) is 6.61 Å². The monoisotopic (exact) mass is 608 g/mol. The Bertz CT molecular complexity index is 1200. The number of halogens is 2.